The molecule has 8 heteroatoms. The zero-order valence-corrected chi connectivity index (χ0v) is 12.6. The number of hydrogen-bond donors (Lipinski definition) is 2. The molecule has 0 bridgehead atoms. The normalized spacial score (nSPS) is 17.7. The van der Waals surface area contributed by atoms with E-state index in [9.17, 15) is 5.26 Å². The van der Waals surface area contributed by atoms with Crippen molar-refractivity contribution in [2.45, 2.75) is 12.5 Å². The molecule has 0 unspecified atom stereocenters. The van der Waals surface area contributed by atoms with Crippen LogP contribution >= 0.6 is 0 Å². The minimum absolute atomic E-state index is 0.202. The first-order valence-electron chi connectivity index (χ1n) is 7.11. The summed E-state index contributed by atoms with van der Waals surface area (Å²) in [7, 11) is 3.73. The van der Waals surface area contributed by atoms with Crippen LogP contribution in [0.15, 0.2) is 12.3 Å². The Morgan fingerprint density at radius 3 is 2.95 bits per heavy atom. The van der Waals surface area contributed by atoms with Gasteiger partial charge < -0.3 is 16.0 Å². The third-order valence-electron chi connectivity index (χ3n) is 3.86. The fourth-order valence-electron chi connectivity index (χ4n) is 2.72. The van der Waals surface area contributed by atoms with Crippen LogP contribution in [0.1, 0.15) is 12.1 Å². The molecule has 0 spiro atoms. The first-order chi connectivity index (χ1) is 10.6. The van der Waals surface area contributed by atoms with Crippen molar-refractivity contribution in [3.05, 3.63) is 18.0 Å². The molecule has 0 aromatic carbocycles. The first-order valence-corrected chi connectivity index (χ1v) is 7.11. The van der Waals surface area contributed by atoms with Crippen LogP contribution < -0.4 is 16.0 Å². The van der Waals surface area contributed by atoms with Crippen LogP contribution in [0.25, 0.3) is 11.3 Å². The number of anilines is 2. The van der Waals surface area contributed by atoms with Crippen LogP contribution in [0.2, 0.25) is 0 Å². The summed E-state index contributed by atoms with van der Waals surface area (Å²) < 4.78 is 1.60. The number of aromatic nitrogens is 4. The van der Waals surface area contributed by atoms with Crippen LogP contribution in [-0.2, 0) is 7.05 Å². The number of rotatable bonds is 3. The summed E-state index contributed by atoms with van der Waals surface area (Å²) >= 11 is 0. The van der Waals surface area contributed by atoms with Crippen LogP contribution in [-0.4, -0.2) is 45.9 Å². The molecule has 3 rings (SSSR count). The molecule has 1 saturated heterocycles. The molecule has 0 aliphatic carbocycles. The van der Waals surface area contributed by atoms with Gasteiger partial charge in [-0.2, -0.15) is 15.3 Å². The van der Waals surface area contributed by atoms with Gasteiger partial charge in [-0.1, -0.05) is 0 Å². The Bertz CT molecular complexity index is 729. The Morgan fingerprint density at radius 2 is 2.27 bits per heavy atom. The van der Waals surface area contributed by atoms with E-state index in [1.165, 1.54) is 0 Å². The number of nitrogens with two attached hydrogens (primary N) is 1. The number of nitriles is 1. The summed E-state index contributed by atoms with van der Waals surface area (Å²) in [5.74, 6) is 0.987. The van der Waals surface area contributed by atoms with E-state index in [2.05, 4.69) is 31.4 Å². The van der Waals surface area contributed by atoms with Crippen molar-refractivity contribution in [2.75, 3.05) is 30.8 Å². The van der Waals surface area contributed by atoms with Gasteiger partial charge in [0.05, 0.1) is 11.3 Å². The summed E-state index contributed by atoms with van der Waals surface area (Å²) in [6.45, 7) is 1.80. The van der Waals surface area contributed by atoms with Gasteiger partial charge in [-0.15, -0.1) is 0 Å². The van der Waals surface area contributed by atoms with E-state index < -0.39 is 0 Å². The summed E-state index contributed by atoms with van der Waals surface area (Å²) in [6, 6.07) is 4.40. The van der Waals surface area contributed by atoms with Gasteiger partial charge in [0.1, 0.15) is 11.9 Å². The van der Waals surface area contributed by atoms with Gasteiger partial charge in [-0.05, 0) is 13.5 Å². The average molecular weight is 298 g/mol. The van der Waals surface area contributed by atoms with Crippen LogP contribution in [0, 0.1) is 11.3 Å². The Morgan fingerprint density at radius 1 is 1.45 bits per heavy atom. The van der Waals surface area contributed by atoms with E-state index >= 15 is 0 Å². The maximum absolute atomic E-state index is 9.19. The highest BCUT2D eigenvalue weighted by molar-refractivity contribution is 5.68. The van der Waals surface area contributed by atoms with Gasteiger partial charge in [0.25, 0.3) is 0 Å². The monoisotopic (exact) mass is 298 g/mol. The predicted octanol–water partition coefficient (Wildman–Crippen LogP) is 0.129. The second kappa shape index (κ2) is 5.61. The molecule has 1 atom stereocenters. The Kier molecular flexibility index (Phi) is 3.65. The SMILES string of the molecule is CN[C@@H]1CCN(c2cc(-c3cn(C)nc3C#N)nc(N)n2)C1. The van der Waals surface area contributed by atoms with Gasteiger partial charge in [-0.25, -0.2) is 4.98 Å². The van der Waals surface area contributed by atoms with Gasteiger partial charge in [0.15, 0.2) is 5.69 Å². The Hall–Kier alpha value is -2.66. The van der Waals surface area contributed by atoms with Crippen LogP contribution in [0.5, 0.6) is 0 Å². The maximum Gasteiger partial charge on any atom is 0.222 e. The smallest absolute Gasteiger partial charge is 0.222 e. The number of likely N-dealkylation sites (N-methyl/N-ethyl adjacent to an activating group) is 1. The molecule has 2 aromatic rings. The lowest BCUT2D eigenvalue weighted by Gasteiger charge is -2.18. The van der Waals surface area contributed by atoms with Crippen molar-refractivity contribution in [3.8, 4) is 17.3 Å². The van der Waals surface area contributed by atoms with Gasteiger partial charge in [0, 0.05) is 38.4 Å². The molecule has 0 radical (unpaired) electrons. The van der Waals surface area contributed by atoms with Crippen molar-refractivity contribution in [2.24, 2.45) is 7.05 Å². The number of hydrogen-bond acceptors (Lipinski definition) is 7. The zero-order chi connectivity index (χ0) is 15.7. The second-order valence-electron chi connectivity index (χ2n) is 5.37. The van der Waals surface area contributed by atoms with E-state index in [4.69, 9.17) is 5.73 Å². The summed E-state index contributed by atoms with van der Waals surface area (Å²) in [4.78, 5) is 10.8. The third-order valence-corrected chi connectivity index (χ3v) is 3.86. The van der Waals surface area contributed by atoms with E-state index in [1.54, 1.807) is 17.9 Å². The molecule has 0 saturated carbocycles. The molecule has 0 amide bonds. The predicted molar refractivity (Wildman–Crippen MR) is 83.0 cm³/mol. The van der Waals surface area contributed by atoms with Crippen LogP contribution in [0.3, 0.4) is 0 Å². The molecular weight excluding hydrogens is 280 g/mol. The van der Waals surface area contributed by atoms with Crippen molar-refractivity contribution >= 4 is 11.8 Å². The summed E-state index contributed by atoms with van der Waals surface area (Å²) in [5.41, 5.74) is 7.49. The molecule has 1 fully saturated rings. The zero-order valence-electron chi connectivity index (χ0n) is 12.6. The highest BCUT2D eigenvalue weighted by Crippen LogP contribution is 2.26. The molecule has 1 aliphatic heterocycles. The Labute approximate surface area is 128 Å². The molecule has 3 N–H and O–H groups in total. The third kappa shape index (κ3) is 2.58. The fraction of sp³-hybridized carbons (Fsp3) is 0.429. The summed E-state index contributed by atoms with van der Waals surface area (Å²) in [5, 5.41) is 16.6. The minimum Gasteiger partial charge on any atom is -0.368 e. The molecule has 3 heterocycles. The molecule has 22 heavy (non-hydrogen) atoms. The van der Waals surface area contributed by atoms with Gasteiger partial charge >= 0.3 is 0 Å². The first kappa shape index (κ1) is 14.3. The van der Waals surface area contributed by atoms with E-state index in [1.807, 2.05) is 13.1 Å². The number of nitrogens with one attached hydrogen (secondary N) is 1. The van der Waals surface area contributed by atoms with Crippen molar-refractivity contribution in [1.29, 1.82) is 5.26 Å². The van der Waals surface area contributed by atoms with E-state index in [0.717, 1.165) is 25.3 Å². The summed E-state index contributed by atoms with van der Waals surface area (Å²) in [6.07, 6.45) is 2.83. The lowest BCUT2D eigenvalue weighted by atomic mass is 10.2. The van der Waals surface area contributed by atoms with Crippen LogP contribution in [0.4, 0.5) is 11.8 Å². The van der Waals surface area contributed by atoms with Gasteiger partial charge in [-0.3, -0.25) is 4.68 Å². The maximum atomic E-state index is 9.19. The van der Waals surface area contributed by atoms with Crippen molar-refractivity contribution in [3.63, 3.8) is 0 Å². The second-order valence-corrected chi connectivity index (χ2v) is 5.37. The quantitative estimate of drug-likeness (QED) is 0.829. The van der Waals surface area contributed by atoms with E-state index in [-0.39, 0.29) is 5.95 Å². The molecule has 1 aliphatic rings. The highest BCUT2D eigenvalue weighted by atomic mass is 15.3. The topological polar surface area (TPSA) is 109 Å². The Balaban J connectivity index is 1.98. The standard InChI is InChI=1S/C14H18N8/c1-17-9-3-4-22(7-9)13-5-11(18-14(16)19-13)10-8-21(2)20-12(10)6-15/h5,8-9,17H,3-4,7H2,1-2H3,(H2,16,18,19)/t9-/m1/s1. The lowest BCUT2D eigenvalue weighted by Crippen LogP contribution is -2.30. The minimum atomic E-state index is 0.202. The molecule has 2 aromatic heterocycles. The number of aryl methyl sites for hydroxylation is 1. The van der Waals surface area contributed by atoms with Gasteiger partial charge in [0.2, 0.25) is 5.95 Å². The molecule has 8 nitrogen and oxygen atoms in total. The lowest BCUT2D eigenvalue weighted by molar-refractivity contribution is 0.616. The molecular formula is C14H18N8. The highest BCUT2D eigenvalue weighted by Gasteiger charge is 2.23. The molecule has 114 valence electrons. The van der Waals surface area contributed by atoms with Crippen molar-refractivity contribution in [1.82, 2.24) is 25.1 Å². The fourth-order valence-corrected chi connectivity index (χ4v) is 2.72. The average Bonchev–Trinajstić information content (AvgIpc) is 3.12. The van der Waals surface area contributed by atoms with Crippen molar-refractivity contribution < 1.29 is 0 Å². The number of nitrogens with zero attached hydrogens (tertiary/aromatic N) is 6. The van der Waals surface area contributed by atoms with E-state index in [0.29, 0.717) is 23.0 Å². The largest absolute Gasteiger partial charge is 0.368 e. The number of nitrogen functional groups attached to an aromatic ring is 1.